The summed E-state index contributed by atoms with van der Waals surface area (Å²) in [7, 11) is 0. The van der Waals surface area contributed by atoms with Crippen molar-refractivity contribution in [3.63, 3.8) is 0 Å². The summed E-state index contributed by atoms with van der Waals surface area (Å²) in [5.41, 5.74) is 6.76. The van der Waals surface area contributed by atoms with Gasteiger partial charge >= 0.3 is 0 Å². The number of amides is 2. The van der Waals surface area contributed by atoms with Gasteiger partial charge < -0.3 is 10.2 Å². The molecule has 1 spiro atoms. The van der Waals surface area contributed by atoms with E-state index in [4.69, 9.17) is 0 Å². The lowest BCUT2D eigenvalue weighted by atomic mass is 9.75. The van der Waals surface area contributed by atoms with Crippen LogP contribution in [-0.4, -0.2) is 46.4 Å². The van der Waals surface area contributed by atoms with E-state index in [1.165, 1.54) is 48.3 Å². The van der Waals surface area contributed by atoms with Gasteiger partial charge in [-0.05, 0) is 73.8 Å². The fourth-order valence-corrected chi connectivity index (χ4v) is 8.53. The lowest BCUT2D eigenvalue weighted by molar-refractivity contribution is -0.138. The first-order chi connectivity index (χ1) is 18.5. The first-order valence-corrected chi connectivity index (χ1v) is 14.6. The number of thiophene rings is 1. The van der Waals surface area contributed by atoms with Gasteiger partial charge in [0.15, 0.2) is 0 Å². The fraction of sp³-hybridized carbons (Fsp3) is 0.467. The highest BCUT2D eigenvalue weighted by atomic mass is 32.1. The average molecular weight is 524 g/mol. The topological polar surface area (TPSA) is 89.3 Å². The zero-order valence-electron chi connectivity index (χ0n) is 21.2. The van der Waals surface area contributed by atoms with Crippen LogP contribution in [0.4, 0.5) is 5.69 Å². The van der Waals surface area contributed by atoms with Crippen molar-refractivity contribution < 1.29 is 9.59 Å². The highest BCUT2D eigenvalue weighted by Gasteiger charge is 2.51. The molecule has 0 radical (unpaired) electrons. The maximum Gasteiger partial charge on any atom is 0.230 e. The van der Waals surface area contributed by atoms with Crippen LogP contribution in [-0.2, 0) is 16.1 Å². The van der Waals surface area contributed by atoms with Crippen LogP contribution in [0.3, 0.4) is 0 Å². The Kier molecular flexibility index (Phi) is 4.84. The second-order valence-electron chi connectivity index (χ2n) is 11.9. The van der Waals surface area contributed by atoms with Crippen molar-refractivity contribution in [2.45, 2.75) is 69.0 Å². The molecule has 2 unspecified atom stereocenters. The molecule has 5 heterocycles. The van der Waals surface area contributed by atoms with E-state index in [1.54, 1.807) is 11.3 Å². The van der Waals surface area contributed by atoms with E-state index < -0.39 is 0 Å². The summed E-state index contributed by atoms with van der Waals surface area (Å²) in [6.07, 6.45) is 8.72. The van der Waals surface area contributed by atoms with Gasteiger partial charge in [-0.3, -0.25) is 19.5 Å². The molecule has 3 aliphatic heterocycles. The number of anilines is 1. The average Bonchev–Trinajstić information content (AvgIpc) is 3.20. The molecule has 192 valence electrons. The van der Waals surface area contributed by atoms with Gasteiger partial charge in [-0.1, -0.05) is 0 Å². The summed E-state index contributed by atoms with van der Waals surface area (Å²) in [4.78, 5) is 34.1. The van der Waals surface area contributed by atoms with E-state index in [-0.39, 0.29) is 11.8 Å². The Bertz CT molecular complexity index is 1550. The lowest BCUT2D eigenvalue weighted by Gasteiger charge is -2.41. The Balaban J connectivity index is 1.25. The van der Waals surface area contributed by atoms with Gasteiger partial charge in [-0.25, -0.2) is 0 Å². The molecule has 0 bridgehead atoms. The number of fused-ring (bicyclic) bond motifs is 4. The third-order valence-electron chi connectivity index (χ3n) is 9.62. The summed E-state index contributed by atoms with van der Waals surface area (Å²) < 4.78 is 1.05. The predicted octanol–water partition coefficient (Wildman–Crippen LogP) is 4.69. The number of benzene rings is 1. The van der Waals surface area contributed by atoms with Crippen LogP contribution in [0.1, 0.15) is 66.9 Å². The molecule has 2 saturated carbocycles. The quantitative estimate of drug-likeness (QED) is 0.499. The number of nitrogens with one attached hydrogen (secondary N) is 1. The molecule has 1 N–H and O–H groups in total. The summed E-state index contributed by atoms with van der Waals surface area (Å²) in [5.74, 6) is 1.04. The van der Waals surface area contributed by atoms with Gasteiger partial charge in [-0.2, -0.15) is 5.26 Å². The molecule has 1 aromatic carbocycles. The van der Waals surface area contributed by atoms with Crippen molar-refractivity contribution >= 4 is 39.1 Å². The number of carbonyl (C=O) groups is 2. The number of imide groups is 1. The number of nitrogens with zero attached hydrogens (tertiary/aromatic N) is 4. The SMILES string of the molecule is N#Cc1cc(-c2ccnc3cc(CN4C(=O)CCC4=O)sc23)c2c(c1)C1CC1CN2[C@@H]1CNC2(CCC2)C1. The van der Waals surface area contributed by atoms with E-state index in [9.17, 15) is 14.9 Å². The highest BCUT2D eigenvalue weighted by molar-refractivity contribution is 7.19. The van der Waals surface area contributed by atoms with Crippen molar-refractivity contribution in [2.75, 3.05) is 18.0 Å². The maximum absolute atomic E-state index is 12.2. The minimum absolute atomic E-state index is 0.0968. The second-order valence-corrected chi connectivity index (χ2v) is 13.0. The van der Waals surface area contributed by atoms with Crippen LogP contribution >= 0.6 is 11.3 Å². The second kappa shape index (κ2) is 8.11. The van der Waals surface area contributed by atoms with E-state index in [0.717, 1.165) is 39.3 Å². The molecule has 38 heavy (non-hydrogen) atoms. The number of nitriles is 1. The van der Waals surface area contributed by atoms with E-state index in [1.807, 2.05) is 12.3 Å². The van der Waals surface area contributed by atoms with E-state index in [2.05, 4.69) is 39.5 Å². The lowest BCUT2D eigenvalue weighted by Crippen LogP contribution is -2.46. The summed E-state index contributed by atoms with van der Waals surface area (Å²) in [6.45, 7) is 2.41. The van der Waals surface area contributed by atoms with Crippen molar-refractivity contribution in [2.24, 2.45) is 5.92 Å². The number of carbonyl (C=O) groups excluding carboxylic acids is 2. The number of likely N-dealkylation sites (tertiary alicyclic amines) is 1. The molecule has 2 aromatic heterocycles. The summed E-state index contributed by atoms with van der Waals surface area (Å²) in [6, 6.07) is 11.2. The third kappa shape index (κ3) is 3.38. The molecule has 8 rings (SSSR count). The Labute approximate surface area is 225 Å². The molecule has 2 aliphatic carbocycles. The molecular weight excluding hydrogens is 494 g/mol. The fourth-order valence-electron chi connectivity index (χ4n) is 7.40. The molecule has 7 nitrogen and oxygen atoms in total. The van der Waals surface area contributed by atoms with Gasteiger partial charge in [0.2, 0.25) is 11.8 Å². The third-order valence-corrected chi connectivity index (χ3v) is 10.8. The molecule has 5 aliphatic rings. The van der Waals surface area contributed by atoms with Crippen LogP contribution in [0.25, 0.3) is 21.3 Å². The molecule has 2 saturated heterocycles. The molecule has 3 aromatic rings. The minimum atomic E-state index is -0.0968. The van der Waals surface area contributed by atoms with Crippen molar-refractivity contribution in [3.05, 3.63) is 46.5 Å². The number of aromatic nitrogens is 1. The monoisotopic (exact) mass is 523 g/mol. The normalized spacial score (nSPS) is 27.0. The maximum atomic E-state index is 12.2. The number of rotatable bonds is 4. The summed E-state index contributed by atoms with van der Waals surface area (Å²) >= 11 is 1.61. The molecule has 4 fully saturated rings. The molecule has 8 heteroatoms. The molecular formula is C30H29N5O2S. The number of hydrogen-bond donors (Lipinski definition) is 1. The zero-order valence-corrected chi connectivity index (χ0v) is 22.0. The predicted molar refractivity (Wildman–Crippen MR) is 146 cm³/mol. The minimum Gasteiger partial charge on any atom is -0.366 e. The smallest absolute Gasteiger partial charge is 0.230 e. The number of hydrogen-bond acceptors (Lipinski definition) is 7. The van der Waals surface area contributed by atoms with E-state index in [0.29, 0.717) is 48.4 Å². The van der Waals surface area contributed by atoms with Crippen molar-refractivity contribution in [1.29, 1.82) is 5.26 Å². The Hall–Kier alpha value is -3.28. The number of pyridine rings is 1. The van der Waals surface area contributed by atoms with Gasteiger partial charge in [0.05, 0.1) is 28.4 Å². The Morgan fingerprint density at radius 2 is 2.00 bits per heavy atom. The summed E-state index contributed by atoms with van der Waals surface area (Å²) in [5, 5.41) is 13.8. The highest BCUT2D eigenvalue weighted by Crippen LogP contribution is 2.58. The van der Waals surface area contributed by atoms with Crippen LogP contribution in [0.2, 0.25) is 0 Å². The van der Waals surface area contributed by atoms with Crippen molar-refractivity contribution in [3.8, 4) is 17.2 Å². The Morgan fingerprint density at radius 1 is 1.16 bits per heavy atom. The van der Waals surface area contributed by atoms with Crippen molar-refractivity contribution in [1.82, 2.24) is 15.2 Å². The van der Waals surface area contributed by atoms with Gasteiger partial charge in [0.1, 0.15) is 0 Å². The molecule has 2 amide bonds. The van der Waals surface area contributed by atoms with Crippen LogP contribution < -0.4 is 10.2 Å². The van der Waals surface area contributed by atoms with Crippen LogP contribution in [0.5, 0.6) is 0 Å². The first-order valence-electron chi connectivity index (χ1n) is 13.8. The Morgan fingerprint density at radius 3 is 2.74 bits per heavy atom. The van der Waals surface area contributed by atoms with Crippen LogP contribution in [0, 0.1) is 17.2 Å². The standard InChI is InChI=1S/C30H29N5O2S/c31-13-17-8-23(21-4-7-32-25-11-20(38-29(21)25)16-35-26(36)2-3-27(35)37)28-24(9-17)22-10-18(22)15-34(28)19-12-30(33-14-19)5-1-6-30/h4,7-9,11,18-19,22,33H,1-3,5-6,10,12,14-16H2/t18?,19-,22?/m0/s1. The molecule has 3 atom stereocenters. The first kappa shape index (κ1) is 22.7. The van der Waals surface area contributed by atoms with Gasteiger partial charge in [0.25, 0.3) is 0 Å². The van der Waals surface area contributed by atoms with Crippen LogP contribution in [0.15, 0.2) is 30.5 Å². The zero-order chi connectivity index (χ0) is 25.6. The largest absolute Gasteiger partial charge is 0.366 e. The van der Waals surface area contributed by atoms with E-state index >= 15 is 0 Å². The van der Waals surface area contributed by atoms with Gasteiger partial charge in [0, 0.05) is 65.4 Å². The van der Waals surface area contributed by atoms with Gasteiger partial charge in [-0.15, -0.1) is 11.3 Å².